The molecule has 7 rings (SSSR count). The molecule has 42 heavy (non-hydrogen) atoms. The van der Waals surface area contributed by atoms with Crippen molar-refractivity contribution in [2.45, 2.75) is 19.6 Å². The number of nitrogens with one attached hydrogen (secondary N) is 3. The van der Waals surface area contributed by atoms with Gasteiger partial charge in [0, 0.05) is 36.6 Å². The maximum absolute atomic E-state index is 13.4. The number of fused-ring (bicyclic) bond motifs is 2. The highest BCUT2D eigenvalue weighted by atomic mass is 19.1. The van der Waals surface area contributed by atoms with Crippen LogP contribution in [0.3, 0.4) is 0 Å². The van der Waals surface area contributed by atoms with Gasteiger partial charge in [-0.15, -0.1) is 0 Å². The number of hydrogen-bond donors (Lipinski definition) is 3. The first-order valence-corrected chi connectivity index (χ1v) is 13.9. The zero-order chi connectivity index (χ0) is 28.3. The van der Waals surface area contributed by atoms with Gasteiger partial charge in [0.05, 0.1) is 34.7 Å². The van der Waals surface area contributed by atoms with E-state index in [1.54, 1.807) is 24.8 Å². The van der Waals surface area contributed by atoms with Gasteiger partial charge < -0.3 is 20.2 Å². The molecule has 0 radical (unpaired) electrons. The predicted octanol–water partition coefficient (Wildman–Crippen LogP) is 8.06. The van der Waals surface area contributed by atoms with Crippen LogP contribution in [0.1, 0.15) is 16.7 Å². The van der Waals surface area contributed by atoms with Crippen LogP contribution in [-0.4, -0.2) is 19.9 Å². The van der Waals surface area contributed by atoms with Gasteiger partial charge in [-0.2, -0.15) is 0 Å². The summed E-state index contributed by atoms with van der Waals surface area (Å²) in [6.45, 7) is 2.10. The molecule has 206 valence electrons. The van der Waals surface area contributed by atoms with Gasteiger partial charge >= 0.3 is 0 Å². The van der Waals surface area contributed by atoms with E-state index in [0.29, 0.717) is 6.54 Å². The molecule has 2 aromatic heterocycles. The fourth-order valence-electron chi connectivity index (χ4n) is 5.40. The molecule has 0 saturated carbocycles. The summed E-state index contributed by atoms with van der Waals surface area (Å²) < 4.78 is 13.4. The topological polar surface area (TPSA) is 72.6 Å². The molecule has 0 aliphatic carbocycles. The first-order valence-electron chi connectivity index (χ1n) is 13.9. The molecule has 0 aliphatic heterocycles. The first kappa shape index (κ1) is 25.5. The minimum atomic E-state index is -0.232. The Labute approximate surface area is 242 Å². The summed E-state index contributed by atoms with van der Waals surface area (Å²) in [7, 11) is 0. The Bertz CT molecular complexity index is 1960. The molecule has 0 aliphatic rings. The van der Waals surface area contributed by atoms with Crippen molar-refractivity contribution in [3.05, 3.63) is 144 Å². The van der Waals surface area contributed by atoms with E-state index >= 15 is 0 Å². The molecule has 0 atom stereocenters. The van der Waals surface area contributed by atoms with Gasteiger partial charge in [-0.3, -0.25) is 0 Å². The molecule has 0 bridgehead atoms. The first-order chi connectivity index (χ1) is 20.7. The lowest BCUT2D eigenvalue weighted by molar-refractivity contribution is 0.627. The number of nitrogens with zero attached hydrogens (tertiary/aromatic N) is 3. The number of anilines is 2. The number of H-pyrrole nitrogens is 2. The largest absolute Gasteiger partial charge is 0.381 e. The highest BCUT2D eigenvalue weighted by Crippen LogP contribution is 2.32. The molecule has 3 N–H and O–H groups in total. The SMILES string of the molecule is Fc1ccc(CNc2cc(-c3cccc(CN(Cc4ccccc4)c4ccc5nc[nH]c5c4)c3)c3nc[nH]c3c2)cc1. The maximum atomic E-state index is 13.4. The van der Waals surface area contributed by atoms with E-state index in [2.05, 4.69) is 109 Å². The van der Waals surface area contributed by atoms with Crippen LogP contribution in [0.15, 0.2) is 122 Å². The number of aromatic amines is 2. The van der Waals surface area contributed by atoms with Crippen LogP contribution in [0.5, 0.6) is 0 Å². The summed E-state index contributed by atoms with van der Waals surface area (Å²) in [5.74, 6) is -0.232. The van der Waals surface area contributed by atoms with Gasteiger partial charge in [0.25, 0.3) is 0 Å². The van der Waals surface area contributed by atoms with Gasteiger partial charge in [-0.05, 0) is 70.8 Å². The Balaban J connectivity index is 1.20. The number of aromatic nitrogens is 4. The minimum absolute atomic E-state index is 0.232. The van der Waals surface area contributed by atoms with E-state index in [-0.39, 0.29) is 5.82 Å². The summed E-state index contributed by atoms with van der Waals surface area (Å²) >= 11 is 0. The lowest BCUT2D eigenvalue weighted by Crippen LogP contribution is -2.22. The monoisotopic (exact) mass is 552 g/mol. The molecule has 0 unspecified atom stereocenters. The molecule has 2 heterocycles. The Morgan fingerprint density at radius 1 is 0.667 bits per heavy atom. The third-order valence-corrected chi connectivity index (χ3v) is 7.53. The van der Waals surface area contributed by atoms with E-state index in [0.717, 1.165) is 63.2 Å². The summed E-state index contributed by atoms with van der Waals surface area (Å²) in [5, 5.41) is 3.49. The molecule has 5 aromatic carbocycles. The number of benzene rings is 5. The van der Waals surface area contributed by atoms with Crippen LogP contribution in [0, 0.1) is 5.82 Å². The van der Waals surface area contributed by atoms with Gasteiger partial charge in [0.2, 0.25) is 0 Å². The summed E-state index contributed by atoms with van der Waals surface area (Å²) in [4.78, 5) is 17.9. The van der Waals surface area contributed by atoms with E-state index in [9.17, 15) is 4.39 Å². The third kappa shape index (κ3) is 5.45. The Kier molecular flexibility index (Phi) is 6.82. The Morgan fingerprint density at radius 2 is 1.45 bits per heavy atom. The summed E-state index contributed by atoms with van der Waals surface area (Å²) in [5.41, 5.74) is 11.5. The fraction of sp³-hybridized carbons (Fsp3) is 0.0857. The highest BCUT2D eigenvalue weighted by Gasteiger charge is 2.13. The fourth-order valence-corrected chi connectivity index (χ4v) is 5.40. The molecule has 0 spiro atoms. The van der Waals surface area contributed by atoms with Crippen LogP contribution in [0.4, 0.5) is 15.8 Å². The smallest absolute Gasteiger partial charge is 0.123 e. The summed E-state index contributed by atoms with van der Waals surface area (Å²) in [6.07, 6.45) is 3.47. The van der Waals surface area contributed by atoms with Crippen molar-refractivity contribution in [2.75, 3.05) is 10.2 Å². The molecular weight excluding hydrogens is 523 g/mol. The van der Waals surface area contributed by atoms with Crippen molar-refractivity contribution >= 4 is 33.4 Å². The van der Waals surface area contributed by atoms with Crippen LogP contribution < -0.4 is 10.2 Å². The van der Waals surface area contributed by atoms with Crippen molar-refractivity contribution in [3.8, 4) is 11.1 Å². The minimum Gasteiger partial charge on any atom is -0.381 e. The number of rotatable bonds is 9. The average Bonchev–Trinajstić information content (AvgIpc) is 3.70. The normalized spacial score (nSPS) is 11.3. The van der Waals surface area contributed by atoms with Crippen molar-refractivity contribution in [3.63, 3.8) is 0 Å². The van der Waals surface area contributed by atoms with E-state index in [4.69, 9.17) is 0 Å². The molecular formula is C35H29FN6. The highest BCUT2D eigenvalue weighted by molar-refractivity contribution is 5.95. The van der Waals surface area contributed by atoms with Crippen molar-refractivity contribution in [1.29, 1.82) is 0 Å². The Hall–Kier alpha value is -5.43. The van der Waals surface area contributed by atoms with Gasteiger partial charge in [-0.1, -0.05) is 60.7 Å². The van der Waals surface area contributed by atoms with Gasteiger partial charge in [0.15, 0.2) is 0 Å². The number of halogens is 1. The van der Waals surface area contributed by atoms with Gasteiger partial charge in [-0.25, -0.2) is 14.4 Å². The molecule has 0 fully saturated rings. The van der Waals surface area contributed by atoms with Crippen LogP contribution in [-0.2, 0) is 19.6 Å². The van der Waals surface area contributed by atoms with Crippen LogP contribution in [0.25, 0.3) is 33.2 Å². The molecule has 7 heteroatoms. The molecule has 7 aromatic rings. The van der Waals surface area contributed by atoms with E-state index < -0.39 is 0 Å². The number of hydrogen-bond acceptors (Lipinski definition) is 4. The van der Waals surface area contributed by atoms with E-state index in [1.165, 1.54) is 23.3 Å². The second-order valence-electron chi connectivity index (χ2n) is 10.4. The van der Waals surface area contributed by atoms with Crippen LogP contribution >= 0.6 is 0 Å². The third-order valence-electron chi connectivity index (χ3n) is 7.53. The Morgan fingerprint density at radius 3 is 2.33 bits per heavy atom. The second kappa shape index (κ2) is 11.2. The molecule has 0 saturated heterocycles. The standard InChI is InChI=1S/C35H29FN6/c36-28-11-9-24(10-12-28)19-37-29-16-31(35-34(17-29)40-23-41-35)27-8-4-7-26(15-27)21-42(20-25-5-2-1-3-6-25)30-13-14-32-33(18-30)39-22-38-32/h1-18,22-23,37H,19-21H2,(H,38,39)(H,40,41). The number of imidazole rings is 2. The zero-order valence-corrected chi connectivity index (χ0v) is 22.9. The predicted molar refractivity (Wildman–Crippen MR) is 168 cm³/mol. The quantitative estimate of drug-likeness (QED) is 0.169. The van der Waals surface area contributed by atoms with Crippen molar-refractivity contribution in [2.24, 2.45) is 0 Å². The van der Waals surface area contributed by atoms with Crippen molar-refractivity contribution in [1.82, 2.24) is 19.9 Å². The van der Waals surface area contributed by atoms with Gasteiger partial charge in [0.1, 0.15) is 5.82 Å². The lowest BCUT2D eigenvalue weighted by Gasteiger charge is -2.25. The summed E-state index contributed by atoms with van der Waals surface area (Å²) in [6, 6.07) is 36.3. The van der Waals surface area contributed by atoms with Crippen LogP contribution in [0.2, 0.25) is 0 Å². The molecule has 0 amide bonds. The zero-order valence-electron chi connectivity index (χ0n) is 22.9. The van der Waals surface area contributed by atoms with Crippen molar-refractivity contribution < 1.29 is 4.39 Å². The second-order valence-corrected chi connectivity index (χ2v) is 10.4. The molecule has 6 nitrogen and oxygen atoms in total. The average molecular weight is 553 g/mol. The maximum Gasteiger partial charge on any atom is 0.123 e. The van der Waals surface area contributed by atoms with E-state index in [1.807, 2.05) is 6.07 Å². The lowest BCUT2D eigenvalue weighted by atomic mass is 10.0.